The van der Waals surface area contributed by atoms with Crippen LogP contribution in [0.2, 0.25) is 0 Å². The molecular formula is C24H31N3O3. The number of benzene rings is 2. The number of hydrogen-bond acceptors (Lipinski definition) is 5. The molecule has 1 atom stereocenters. The zero-order valence-corrected chi connectivity index (χ0v) is 17.7. The number of nitrogens with zero attached hydrogens (tertiary/aromatic N) is 3. The van der Waals surface area contributed by atoms with Gasteiger partial charge in [-0.05, 0) is 24.2 Å². The molecule has 0 N–H and O–H groups in total. The number of ether oxygens (including phenoxy) is 2. The van der Waals surface area contributed by atoms with Crippen molar-refractivity contribution >= 4 is 11.6 Å². The maximum atomic E-state index is 13.5. The highest BCUT2D eigenvalue weighted by atomic mass is 16.5. The lowest BCUT2D eigenvalue weighted by molar-refractivity contribution is -0.141. The summed E-state index contributed by atoms with van der Waals surface area (Å²) < 4.78 is 11.0. The Morgan fingerprint density at radius 1 is 0.900 bits per heavy atom. The molecule has 0 radical (unpaired) electrons. The van der Waals surface area contributed by atoms with Gasteiger partial charge in [-0.25, -0.2) is 0 Å². The summed E-state index contributed by atoms with van der Waals surface area (Å²) in [7, 11) is 2.05. The highest BCUT2D eigenvalue weighted by Gasteiger charge is 2.31. The molecule has 160 valence electrons. The van der Waals surface area contributed by atoms with Gasteiger partial charge < -0.3 is 19.3 Å². The van der Waals surface area contributed by atoms with Gasteiger partial charge in [-0.1, -0.05) is 48.5 Å². The normalized spacial score (nSPS) is 18.5. The second-order valence-corrected chi connectivity index (χ2v) is 7.89. The van der Waals surface area contributed by atoms with E-state index in [4.69, 9.17) is 9.47 Å². The van der Waals surface area contributed by atoms with Crippen LogP contribution >= 0.6 is 0 Å². The zero-order valence-electron chi connectivity index (χ0n) is 17.7. The average molecular weight is 410 g/mol. The van der Waals surface area contributed by atoms with Crippen LogP contribution in [0.5, 0.6) is 0 Å². The van der Waals surface area contributed by atoms with E-state index in [2.05, 4.69) is 34.1 Å². The van der Waals surface area contributed by atoms with E-state index in [1.807, 2.05) is 42.3 Å². The first kappa shape index (κ1) is 20.8. The van der Waals surface area contributed by atoms with Crippen LogP contribution in [0.1, 0.15) is 17.2 Å². The van der Waals surface area contributed by atoms with E-state index in [1.165, 1.54) is 11.3 Å². The lowest BCUT2D eigenvalue weighted by atomic mass is 10.0. The minimum absolute atomic E-state index is 0.149. The molecule has 2 saturated heterocycles. The number of hydrogen-bond donors (Lipinski definition) is 0. The standard InChI is InChI=1S/C24H31N3O3/c1-25(19-21-9-5-6-10-22(21)26-11-15-29-16-12-26)23(20-7-3-2-4-8-20)24(28)27-13-17-30-18-14-27/h2-10,23H,11-19H2,1H3/t23-/m1/s1. The highest BCUT2D eigenvalue weighted by Crippen LogP contribution is 2.28. The van der Waals surface area contributed by atoms with Gasteiger partial charge in [0, 0.05) is 38.4 Å². The van der Waals surface area contributed by atoms with Crippen molar-refractivity contribution in [1.82, 2.24) is 9.80 Å². The van der Waals surface area contributed by atoms with Crippen LogP contribution in [-0.4, -0.2) is 75.4 Å². The molecule has 1 amide bonds. The number of anilines is 1. The summed E-state index contributed by atoms with van der Waals surface area (Å²) in [4.78, 5) is 20.0. The van der Waals surface area contributed by atoms with Crippen molar-refractivity contribution in [2.45, 2.75) is 12.6 Å². The van der Waals surface area contributed by atoms with Crippen molar-refractivity contribution in [3.8, 4) is 0 Å². The van der Waals surface area contributed by atoms with Crippen LogP contribution < -0.4 is 4.90 Å². The topological polar surface area (TPSA) is 45.2 Å². The third-order valence-electron chi connectivity index (χ3n) is 5.88. The summed E-state index contributed by atoms with van der Waals surface area (Å²) in [5.74, 6) is 0.149. The predicted molar refractivity (Wildman–Crippen MR) is 118 cm³/mol. The van der Waals surface area contributed by atoms with Gasteiger partial charge in [0.15, 0.2) is 0 Å². The summed E-state index contributed by atoms with van der Waals surface area (Å²) in [5.41, 5.74) is 3.50. The van der Waals surface area contributed by atoms with Crippen LogP contribution in [0, 0.1) is 0 Å². The van der Waals surface area contributed by atoms with Crippen molar-refractivity contribution in [2.75, 3.05) is 64.6 Å². The van der Waals surface area contributed by atoms with E-state index in [0.29, 0.717) is 32.8 Å². The molecule has 6 nitrogen and oxygen atoms in total. The van der Waals surface area contributed by atoms with Crippen LogP contribution in [0.25, 0.3) is 0 Å². The smallest absolute Gasteiger partial charge is 0.244 e. The van der Waals surface area contributed by atoms with E-state index in [0.717, 1.165) is 31.9 Å². The fourth-order valence-electron chi connectivity index (χ4n) is 4.29. The van der Waals surface area contributed by atoms with Gasteiger partial charge in [-0.15, -0.1) is 0 Å². The van der Waals surface area contributed by atoms with Crippen LogP contribution in [-0.2, 0) is 20.8 Å². The summed E-state index contributed by atoms with van der Waals surface area (Å²) >= 11 is 0. The Kier molecular flexibility index (Phi) is 7.00. The summed E-state index contributed by atoms with van der Waals surface area (Å²) in [6.07, 6.45) is 0. The van der Waals surface area contributed by atoms with Gasteiger partial charge in [0.25, 0.3) is 0 Å². The lowest BCUT2D eigenvalue weighted by Crippen LogP contribution is -2.46. The fraction of sp³-hybridized carbons (Fsp3) is 0.458. The van der Waals surface area contributed by atoms with E-state index in [1.54, 1.807) is 0 Å². The van der Waals surface area contributed by atoms with E-state index in [-0.39, 0.29) is 11.9 Å². The third-order valence-corrected chi connectivity index (χ3v) is 5.88. The minimum Gasteiger partial charge on any atom is -0.378 e. The molecule has 4 rings (SSSR count). The second kappa shape index (κ2) is 10.1. The first-order valence-corrected chi connectivity index (χ1v) is 10.8. The monoisotopic (exact) mass is 409 g/mol. The summed E-state index contributed by atoms with van der Waals surface area (Å²) in [6, 6.07) is 18.3. The molecule has 6 heteroatoms. The SMILES string of the molecule is CN(Cc1ccccc1N1CCOCC1)[C@@H](C(=O)N1CCOCC1)c1ccccc1. The molecule has 0 saturated carbocycles. The van der Waals surface area contributed by atoms with Crippen LogP contribution in [0.3, 0.4) is 0 Å². The Bertz CT molecular complexity index is 817. The Morgan fingerprint density at radius 2 is 1.50 bits per heavy atom. The molecule has 2 aliphatic rings. The third kappa shape index (κ3) is 4.83. The predicted octanol–water partition coefficient (Wildman–Crippen LogP) is 2.56. The fourth-order valence-corrected chi connectivity index (χ4v) is 4.29. The first-order valence-electron chi connectivity index (χ1n) is 10.8. The van der Waals surface area contributed by atoms with Gasteiger partial charge in [0.2, 0.25) is 5.91 Å². The number of para-hydroxylation sites is 1. The Labute approximate surface area is 179 Å². The summed E-state index contributed by atoms with van der Waals surface area (Å²) in [6.45, 7) is 6.53. The largest absolute Gasteiger partial charge is 0.378 e. The number of carbonyl (C=O) groups is 1. The Balaban J connectivity index is 1.58. The molecule has 0 aliphatic carbocycles. The molecule has 2 aromatic carbocycles. The first-order chi connectivity index (χ1) is 14.7. The highest BCUT2D eigenvalue weighted by molar-refractivity contribution is 5.83. The molecule has 2 fully saturated rings. The van der Waals surface area contributed by atoms with Crippen LogP contribution in [0.15, 0.2) is 54.6 Å². The average Bonchev–Trinajstić information content (AvgIpc) is 2.81. The van der Waals surface area contributed by atoms with E-state index >= 15 is 0 Å². The van der Waals surface area contributed by atoms with E-state index < -0.39 is 0 Å². The molecule has 0 unspecified atom stereocenters. The Hall–Kier alpha value is -2.41. The second-order valence-electron chi connectivity index (χ2n) is 7.89. The van der Waals surface area contributed by atoms with Crippen molar-refractivity contribution < 1.29 is 14.3 Å². The van der Waals surface area contributed by atoms with Gasteiger partial charge in [-0.3, -0.25) is 9.69 Å². The van der Waals surface area contributed by atoms with Gasteiger partial charge in [-0.2, -0.15) is 0 Å². The van der Waals surface area contributed by atoms with Crippen LogP contribution in [0.4, 0.5) is 5.69 Å². The van der Waals surface area contributed by atoms with Crippen molar-refractivity contribution in [3.05, 3.63) is 65.7 Å². The molecule has 0 aromatic heterocycles. The van der Waals surface area contributed by atoms with Gasteiger partial charge in [0.05, 0.1) is 26.4 Å². The quantitative estimate of drug-likeness (QED) is 0.734. The molecule has 2 heterocycles. The van der Waals surface area contributed by atoms with Crippen molar-refractivity contribution in [1.29, 1.82) is 0 Å². The molecule has 0 spiro atoms. The van der Waals surface area contributed by atoms with Crippen molar-refractivity contribution in [3.63, 3.8) is 0 Å². The van der Waals surface area contributed by atoms with E-state index in [9.17, 15) is 4.79 Å². The minimum atomic E-state index is -0.318. The number of morpholine rings is 2. The maximum Gasteiger partial charge on any atom is 0.244 e. The number of likely N-dealkylation sites (N-methyl/N-ethyl adjacent to an activating group) is 1. The molecule has 0 bridgehead atoms. The zero-order chi connectivity index (χ0) is 20.8. The number of rotatable bonds is 6. The maximum absolute atomic E-state index is 13.5. The van der Waals surface area contributed by atoms with Gasteiger partial charge >= 0.3 is 0 Å². The number of carbonyl (C=O) groups excluding carboxylic acids is 1. The van der Waals surface area contributed by atoms with Crippen molar-refractivity contribution in [2.24, 2.45) is 0 Å². The molecular weight excluding hydrogens is 378 g/mol. The van der Waals surface area contributed by atoms with Gasteiger partial charge in [0.1, 0.15) is 6.04 Å². The number of amides is 1. The summed E-state index contributed by atoms with van der Waals surface area (Å²) in [5, 5.41) is 0. The molecule has 2 aliphatic heterocycles. The molecule has 30 heavy (non-hydrogen) atoms. The Morgan fingerprint density at radius 3 is 2.20 bits per heavy atom. The molecule has 2 aromatic rings. The lowest BCUT2D eigenvalue weighted by Gasteiger charge is -2.36.